The summed E-state index contributed by atoms with van der Waals surface area (Å²) in [6, 6.07) is 4.74. The van der Waals surface area contributed by atoms with Crippen LogP contribution in [0.1, 0.15) is 25.5 Å². The van der Waals surface area contributed by atoms with Gasteiger partial charge in [0, 0.05) is 12.6 Å². The Balaban J connectivity index is 1.98. The highest BCUT2D eigenvalue weighted by Crippen LogP contribution is 2.27. The molecule has 1 aliphatic rings. The molecule has 0 unspecified atom stereocenters. The van der Waals surface area contributed by atoms with Crippen molar-refractivity contribution in [1.29, 1.82) is 0 Å². The number of hydrogen-bond donors (Lipinski definition) is 1. The Kier molecular flexibility index (Phi) is 2.68. The van der Waals surface area contributed by atoms with Crippen molar-refractivity contribution < 1.29 is 0 Å². The molecule has 1 saturated carbocycles. The van der Waals surface area contributed by atoms with Crippen LogP contribution in [0.4, 0.5) is 5.69 Å². The van der Waals surface area contributed by atoms with Crippen LogP contribution in [0, 0.1) is 0 Å². The number of nitrogens with zero attached hydrogens (tertiary/aromatic N) is 2. The smallest absolute Gasteiger partial charge is 0.0545 e. The molecular formula is C11H17N3. The summed E-state index contributed by atoms with van der Waals surface area (Å²) in [5, 5.41) is 0. The number of rotatable bonds is 4. The maximum Gasteiger partial charge on any atom is 0.0545 e. The number of nitrogen functional groups attached to an aromatic ring is 1. The SMILES string of the molecule is CCN(Cc1ccc(N)cn1)C1CC1. The van der Waals surface area contributed by atoms with Gasteiger partial charge in [-0.25, -0.2) is 0 Å². The molecule has 0 bridgehead atoms. The third-order valence-corrected chi connectivity index (χ3v) is 2.68. The maximum absolute atomic E-state index is 5.59. The summed E-state index contributed by atoms with van der Waals surface area (Å²) in [6.07, 6.45) is 4.43. The summed E-state index contributed by atoms with van der Waals surface area (Å²) in [4.78, 5) is 6.78. The van der Waals surface area contributed by atoms with Gasteiger partial charge in [-0.1, -0.05) is 6.92 Å². The Morgan fingerprint density at radius 1 is 1.50 bits per heavy atom. The van der Waals surface area contributed by atoms with E-state index in [0.717, 1.165) is 30.5 Å². The molecule has 3 nitrogen and oxygen atoms in total. The molecule has 0 saturated heterocycles. The normalized spacial score (nSPS) is 16.1. The second-order valence-electron chi connectivity index (χ2n) is 3.88. The highest BCUT2D eigenvalue weighted by Gasteiger charge is 2.27. The highest BCUT2D eigenvalue weighted by molar-refractivity contribution is 5.34. The third kappa shape index (κ3) is 2.23. The van der Waals surface area contributed by atoms with Crippen LogP contribution in [0.15, 0.2) is 18.3 Å². The van der Waals surface area contributed by atoms with Crippen LogP contribution in [-0.2, 0) is 6.54 Å². The van der Waals surface area contributed by atoms with E-state index in [1.165, 1.54) is 12.8 Å². The van der Waals surface area contributed by atoms with Crippen LogP contribution >= 0.6 is 0 Å². The van der Waals surface area contributed by atoms with Crippen molar-refractivity contribution in [1.82, 2.24) is 9.88 Å². The Morgan fingerprint density at radius 3 is 2.79 bits per heavy atom. The predicted molar refractivity (Wildman–Crippen MR) is 57.8 cm³/mol. The summed E-state index contributed by atoms with van der Waals surface area (Å²) in [5.41, 5.74) is 7.44. The molecule has 0 atom stereocenters. The van der Waals surface area contributed by atoms with Gasteiger partial charge in [-0.3, -0.25) is 9.88 Å². The summed E-state index contributed by atoms with van der Waals surface area (Å²) in [6.45, 7) is 4.27. The minimum atomic E-state index is 0.739. The van der Waals surface area contributed by atoms with Crippen molar-refractivity contribution in [2.75, 3.05) is 12.3 Å². The maximum atomic E-state index is 5.59. The number of anilines is 1. The quantitative estimate of drug-likeness (QED) is 0.786. The molecule has 3 heteroatoms. The van der Waals surface area contributed by atoms with E-state index in [-0.39, 0.29) is 0 Å². The van der Waals surface area contributed by atoms with Gasteiger partial charge in [0.1, 0.15) is 0 Å². The molecule has 1 aliphatic carbocycles. The lowest BCUT2D eigenvalue weighted by Crippen LogP contribution is -2.25. The summed E-state index contributed by atoms with van der Waals surface area (Å²) >= 11 is 0. The van der Waals surface area contributed by atoms with E-state index in [1.54, 1.807) is 6.20 Å². The van der Waals surface area contributed by atoms with Gasteiger partial charge in [-0.2, -0.15) is 0 Å². The van der Waals surface area contributed by atoms with Gasteiger partial charge in [0.15, 0.2) is 0 Å². The third-order valence-electron chi connectivity index (χ3n) is 2.68. The lowest BCUT2D eigenvalue weighted by Gasteiger charge is -2.18. The van der Waals surface area contributed by atoms with E-state index in [1.807, 2.05) is 12.1 Å². The average molecular weight is 191 g/mol. The number of nitrogens with two attached hydrogens (primary N) is 1. The minimum absolute atomic E-state index is 0.739. The average Bonchev–Trinajstić information content (AvgIpc) is 3.01. The van der Waals surface area contributed by atoms with Crippen LogP contribution in [0.3, 0.4) is 0 Å². The van der Waals surface area contributed by atoms with Crippen LogP contribution < -0.4 is 5.73 Å². The first-order valence-corrected chi connectivity index (χ1v) is 5.24. The van der Waals surface area contributed by atoms with Gasteiger partial charge in [-0.05, 0) is 31.5 Å². The molecule has 14 heavy (non-hydrogen) atoms. The molecule has 0 radical (unpaired) electrons. The molecule has 0 aliphatic heterocycles. The molecule has 1 aromatic rings. The van der Waals surface area contributed by atoms with Crippen molar-refractivity contribution in [3.05, 3.63) is 24.0 Å². The largest absolute Gasteiger partial charge is 0.397 e. The van der Waals surface area contributed by atoms with Gasteiger partial charge >= 0.3 is 0 Å². The Morgan fingerprint density at radius 2 is 2.29 bits per heavy atom. The van der Waals surface area contributed by atoms with Crippen LogP contribution in [0.5, 0.6) is 0 Å². The second kappa shape index (κ2) is 3.96. The predicted octanol–water partition coefficient (Wildman–Crippen LogP) is 1.65. The van der Waals surface area contributed by atoms with Crippen molar-refractivity contribution in [2.24, 2.45) is 0 Å². The van der Waals surface area contributed by atoms with E-state index < -0.39 is 0 Å². The fraction of sp³-hybridized carbons (Fsp3) is 0.545. The summed E-state index contributed by atoms with van der Waals surface area (Å²) in [7, 11) is 0. The van der Waals surface area contributed by atoms with Gasteiger partial charge in [0.05, 0.1) is 17.6 Å². The van der Waals surface area contributed by atoms with Gasteiger partial charge in [0.2, 0.25) is 0 Å². The topological polar surface area (TPSA) is 42.1 Å². The first-order chi connectivity index (χ1) is 6.79. The van der Waals surface area contributed by atoms with Crippen LogP contribution in [0.2, 0.25) is 0 Å². The van der Waals surface area contributed by atoms with Gasteiger partial charge in [-0.15, -0.1) is 0 Å². The Bertz CT molecular complexity index is 290. The van der Waals surface area contributed by atoms with E-state index in [9.17, 15) is 0 Å². The molecule has 0 spiro atoms. The minimum Gasteiger partial charge on any atom is -0.397 e. The first-order valence-electron chi connectivity index (χ1n) is 5.24. The first kappa shape index (κ1) is 9.46. The molecule has 0 aromatic carbocycles. The highest BCUT2D eigenvalue weighted by atomic mass is 15.2. The summed E-state index contributed by atoms with van der Waals surface area (Å²) in [5.74, 6) is 0. The standard InChI is InChI=1S/C11H17N3/c1-2-14(11-5-6-11)8-10-4-3-9(12)7-13-10/h3-4,7,11H,2,5-6,8,12H2,1H3. The molecule has 2 rings (SSSR count). The van der Waals surface area contributed by atoms with Gasteiger partial charge in [0.25, 0.3) is 0 Å². The van der Waals surface area contributed by atoms with Gasteiger partial charge < -0.3 is 5.73 Å². The number of hydrogen-bond acceptors (Lipinski definition) is 3. The van der Waals surface area contributed by atoms with E-state index in [2.05, 4.69) is 16.8 Å². The lowest BCUT2D eigenvalue weighted by molar-refractivity contribution is 0.266. The van der Waals surface area contributed by atoms with Crippen molar-refractivity contribution in [3.63, 3.8) is 0 Å². The zero-order valence-electron chi connectivity index (χ0n) is 8.61. The Labute approximate surface area is 84.9 Å². The zero-order chi connectivity index (χ0) is 9.97. The fourth-order valence-corrected chi connectivity index (χ4v) is 1.68. The number of pyridine rings is 1. The molecule has 2 N–H and O–H groups in total. The molecule has 1 aromatic heterocycles. The van der Waals surface area contributed by atoms with E-state index >= 15 is 0 Å². The molecule has 0 amide bonds. The zero-order valence-corrected chi connectivity index (χ0v) is 8.61. The molecular weight excluding hydrogens is 174 g/mol. The lowest BCUT2D eigenvalue weighted by atomic mass is 10.3. The van der Waals surface area contributed by atoms with Crippen molar-refractivity contribution in [2.45, 2.75) is 32.4 Å². The van der Waals surface area contributed by atoms with Crippen LogP contribution in [0.25, 0.3) is 0 Å². The Hall–Kier alpha value is -1.09. The van der Waals surface area contributed by atoms with Crippen LogP contribution in [-0.4, -0.2) is 22.5 Å². The molecule has 1 fully saturated rings. The van der Waals surface area contributed by atoms with E-state index in [0.29, 0.717) is 0 Å². The number of aromatic nitrogens is 1. The van der Waals surface area contributed by atoms with Crippen molar-refractivity contribution in [3.8, 4) is 0 Å². The molecule has 76 valence electrons. The fourth-order valence-electron chi connectivity index (χ4n) is 1.68. The monoisotopic (exact) mass is 191 g/mol. The van der Waals surface area contributed by atoms with Crippen molar-refractivity contribution >= 4 is 5.69 Å². The van der Waals surface area contributed by atoms with E-state index in [4.69, 9.17) is 5.73 Å². The summed E-state index contributed by atoms with van der Waals surface area (Å²) < 4.78 is 0. The second-order valence-corrected chi connectivity index (χ2v) is 3.88. The molecule has 1 heterocycles.